The number of carbonyl (C=O) groups excluding carboxylic acids is 3. The number of esters is 1. The number of ether oxygens (including phenoxy) is 1. The molecule has 1 heterocycles. The van der Waals surface area contributed by atoms with Gasteiger partial charge in [0.05, 0.1) is 12.0 Å². The van der Waals surface area contributed by atoms with Crippen molar-refractivity contribution in [1.82, 2.24) is 4.90 Å². The van der Waals surface area contributed by atoms with Crippen molar-refractivity contribution >= 4 is 58.2 Å². The molecule has 0 unspecified atom stereocenters. The normalized spacial score (nSPS) is 16.7. The van der Waals surface area contributed by atoms with Crippen molar-refractivity contribution in [3.8, 4) is 0 Å². The summed E-state index contributed by atoms with van der Waals surface area (Å²) in [6.45, 7) is -0.422. The van der Waals surface area contributed by atoms with Gasteiger partial charge in [0.1, 0.15) is 6.54 Å². The highest BCUT2D eigenvalue weighted by atomic mass is 35.5. The molecule has 8 heteroatoms. The summed E-state index contributed by atoms with van der Waals surface area (Å²) in [5, 5.41) is 0.185. The number of halogens is 2. The third-order valence-electron chi connectivity index (χ3n) is 2.66. The number of hydrogen-bond donors (Lipinski definition) is 0. The average molecular weight is 346 g/mol. The number of nitrogens with zero attached hydrogens (tertiary/aromatic N) is 1. The molecule has 2 amide bonds. The van der Waals surface area contributed by atoms with Gasteiger partial charge < -0.3 is 4.74 Å². The molecule has 1 aromatic carbocycles. The molecule has 110 valence electrons. The molecule has 2 rings (SSSR count). The second-order valence-electron chi connectivity index (χ2n) is 3.98. The molecule has 1 fully saturated rings. The van der Waals surface area contributed by atoms with Gasteiger partial charge in [-0.1, -0.05) is 29.3 Å². The molecule has 0 saturated carbocycles. The molecular weight excluding hydrogens is 337 g/mol. The van der Waals surface area contributed by atoms with Crippen LogP contribution in [0.15, 0.2) is 23.1 Å². The number of hydrogen-bond acceptors (Lipinski definition) is 5. The minimum atomic E-state index is -0.672. The van der Waals surface area contributed by atoms with Crippen molar-refractivity contribution in [2.75, 3.05) is 13.7 Å². The zero-order valence-electron chi connectivity index (χ0n) is 10.8. The highest BCUT2D eigenvalue weighted by Gasteiger charge is 2.36. The van der Waals surface area contributed by atoms with Crippen molar-refractivity contribution in [2.24, 2.45) is 0 Å². The van der Waals surface area contributed by atoms with Crippen molar-refractivity contribution in [3.63, 3.8) is 0 Å². The van der Waals surface area contributed by atoms with Crippen LogP contribution >= 0.6 is 35.0 Å². The smallest absolute Gasteiger partial charge is 0.325 e. The van der Waals surface area contributed by atoms with E-state index >= 15 is 0 Å². The fourth-order valence-electron chi connectivity index (χ4n) is 1.61. The second kappa shape index (κ2) is 6.51. The first-order valence-electron chi connectivity index (χ1n) is 5.70. The molecule has 1 aromatic rings. The van der Waals surface area contributed by atoms with Crippen molar-refractivity contribution in [1.29, 1.82) is 0 Å². The summed E-state index contributed by atoms with van der Waals surface area (Å²) in [6.07, 6.45) is 1.44. The van der Waals surface area contributed by atoms with Gasteiger partial charge in [-0.2, -0.15) is 0 Å². The first-order chi connectivity index (χ1) is 9.93. The Morgan fingerprint density at radius 2 is 1.95 bits per heavy atom. The van der Waals surface area contributed by atoms with Crippen LogP contribution in [-0.4, -0.2) is 35.7 Å². The first kappa shape index (κ1) is 15.9. The van der Waals surface area contributed by atoms with E-state index in [9.17, 15) is 14.4 Å². The van der Waals surface area contributed by atoms with Crippen LogP contribution in [0.2, 0.25) is 10.0 Å². The lowest BCUT2D eigenvalue weighted by Crippen LogP contribution is -2.34. The summed E-state index contributed by atoms with van der Waals surface area (Å²) in [4.78, 5) is 36.0. The molecule has 0 aliphatic carbocycles. The Labute approximate surface area is 134 Å². The lowest BCUT2D eigenvalue weighted by molar-refractivity contribution is -0.143. The number of rotatable bonds is 3. The van der Waals surface area contributed by atoms with Gasteiger partial charge in [-0.05, 0) is 30.0 Å². The third kappa shape index (κ3) is 3.40. The number of carbonyl (C=O) groups is 3. The highest BCUT2D eigenvalue weighted by molar-refractivity contribution is 8.18. The van der Waals surface area contributed by atoms with E-state index in [1.807, 2.05) is 0 Å². The van der Waals surface area contributed by atoms with Crippen LogP contribution in [0, 0.1) is 0 Å². The Morgan fingerprint density at radius 1 is 1.33 bits per heavy atom. The maximum atomic E-state index is 12.1. The van der Waals surface area contributed by atoms with Crippen LogP contribution < -0.4 is 0 Å². The maximum Gasteiger partial charge on any atom is 0.325 e. The summed E-state index contributed by atoms with van der Waals surface area (Å²) in [6, 6.07) is 4.92. The van der Waals surface area contributed by atoms with E-state index < -0.39 is 23.7 Å². The average Bonchev–Trinajstić information content (AvgIpc) is 2.70. The zero-order chi connectivity index (χ0) is 15.6. The summed E-state index contributed by atoms with van der Waals surface area (Å²) in [7, 11) is 1.18. The van der Waals surface area contributed by atoms with E-state index in [2.05, 4.69) is 4.74 Å². The van der Waals surface area contributed by atoms with E-state index in [-0.39, 0.29) is 4.91 Å². The van der Waals surface area contributed by atoms with Crippen molar-refractivity contribution < 1.29 is 19.1 Å². The third-order valence-corrected chi connectivity index (χ3v) is 4.23. The standard InChI is InChI=1S/C13H9Cl2NO4S/c1-20-11(17)6-16-12(18)10(21-13(16)19)5-7-8(14)3-2-4-9(7)15/h2-5H,6H2,1H3/b10-5-. The summed E-state index contributed by atoms with van der Waals surface area (Å²) < 4.78 is 4.44. The maximum absolute atomic E-state index is 12.1. The minimum absolute atomic E-state index is 0.152. The number of methoxy groups -OCH3 is 1. The Morgan fingerprint density at radius 3 is 2.52 bits per heavy atom. The van der Waals surface area contributed by atoms with Crippen molar-refractivity contribution in [3.05, 3.63) is 38.7 Å². The number of amides is 2. The quantitative estimate of drug-likeness (QED) is 0.621. The van der Waals surface area contributed by atoms with E-state index in [0.29, 0.717) is 15.6 Å². The molecule has 0 aromatic heterocycles. The van der Waals surface area contributed by atoms with Gasteiger partial charge in [0.2, 0.25) is 0 Å². The van der Waals surface area contributed by atoms with Gasteiger partial charge in [0, 0.05) is 15.6 Å². The molecule has 21 heavy (non-hydrogen) atoms. The Balaban J connectivity index is 2.30. The molecule has 0 radical (unpaired) electrons. The Kier molecular flexibility index (Phi) is 4.92. The van der Waals surface area contributed by atoms with Crippen LogP contribution in [0.1, 0.15) is 5.56 Å². The lowest BCUT2D eigenvalue weighted by atomic mass is 10.2. The fourth-order valence-corrected chi connectivity index (χ4v) is 2.94. The Hall–Kier alpha value is -1.50. The Bertz CT molecular complexity index is 639. The molecule has 0 bridgehead atoms. The number of imide groups is 1. The number of benzene rings is 1. The van der Waals surface area contributed by atoms with Gasteiger partial charge in [-0.15, -0.1) is 0 Å². The van der Waals surface area contributed by atoms with Crippen LogP contribution in [0.3, 0.4) is 0 Å². The largest absolute Gasteiger partial charge is 0.468 e. The first-order valence-corrected chi connectivity index (χ1v) is 7.27. The van der Waals surface area contributed by atoms with Crippen LogP contribution in [0.4, 0.5) is 4.79 Å². The predicted molar refractivity (Wildman–Crippen MR) is 81.2 cm³/mol. The SMILES string of the molecule is COC(=O)CN1C(=O)S/C(=C\c2c(Cl)cccc2Cl)C1=O. The van der Waals surface area contributed by atoms with Gasteiger partial charge >= 0.3 is 5.97 Å². The van der Waals surface area contributed by atoms with Crippen LogP contribution in [0.5, 0.6) is 0 Å². The zero-order valence-corrected chi connectivity index (χ0v) is 13.1. The monoisotopic (exact) mass is 345 g/mol. The molecule has 0 atom stereocenters. The highest BCUT2D eigenvalue weighted by Crippen LogP contribution is 2.35. The van der Waals surface area contributed by atoms with Gasteiger partial charge in [-0.3, -0.25) is 19.3 Å². The van der Waals surface area contributed by atoms with Crippen molar-refractivity contribution in [2.45, 2.75) is 0 Å². The second-order valence-corrected chi connectivity index (χ2v) is 5.79. The fraction of sp³-hybridized carbons (Fsp3) is 0.154. The summed E-state index contributed by atoms with van der Waals surface area (Å²) >= 11 is 12.7. The predicted octanol–water partition coefficient (Wildman–Crippen LogP) is 3.20. The summed E-state index contributed by atoms with van der Waals surface area (Å²) in [5.74, 6) is -1.25. The molecule has 1 saturated heterocycles. The van der Waals surface area contributed by atoms with Gasteiger partial charge in [0.15, 0.2) is 0 Å². The minimum Gasteiger partial charge on any atom is -0.468 e. The molecule has 1 aliphatic rings. The molecule has 0 spiro atoms. The van der Waals surface area contributed by atoms with E-state index in [0.717, 1.165) is 16.7 Å². The van der Waals surface area contributed by atoms with Crippen LogP contribution in [-0.2, 0) is 14.3 Å². The number of thioether (sulfide) groups is 1. The lowest BCUT2D eigenvalue weighted by Gasteiger charge is -2.09. The topological polar surface area (TPSA) is 63.7 Å². The molecule has 0 N–H and O–H groups in total. The molecule has 5 nitrogen and oxygen atoms in total. The summed E-state index contributed by atoms with van der Waals surface area (Å²) in [5.41, 5.74) is 0.449. The van der Waals surface area contributed by atoms with Gasteiger partial charge in [0.25, 0.3) is 11.1 Å². The molecular formula is C13H9Cl2NO4S. The van der Waals surface area contributed by atoms with E-state index in [1.165, 1.54) is 13.2 Å². The van der Waals surface area contributed by atoms with Crippen LogP contribution in [0.25, 0.3) is 6.08 Å². The van der Waals surface area contributed by atoms with Gasteiger partial charge in [-0.25, -0.2) is 0 Å². The molecule has 1 aliphatic heterocycles. The van der Waals surface area contributed by atoms with E-state index in [1.54, 1.807) is 18.2 Å². The van der Waals surface area contributed by atoms with E-state index in [4.69, 9.17) is 23.2 Å².